The second-order valence-corrected chi connectivity index (χ2v) is 6.68. The summed E-state index contributed by atoms with van der Waals surface area (Å²) in [6, 6.07) is 10.4. The van der Waals surface area contributed by atoms with Gasteiger partial charge in [0.2, 0.25) is 0 Å². The molecule has 0 aliphatic heterocycles. The van der Waals surface area contributed by atoms with Gasteiger partial charge in [0.05, 0.1) is 5.56 Å². The van der Waals surface area contributed by atoms with Gasteiger partial charge in [-0.15, -0.1) is 11.8 Å². The molecule has 20 heavy (non-hydrogen) atoms. The number of aromatic carboxylic acids is 1. The molecular weight excluding hydrogens is 383 g/mol. The number of benzene rings is 2. The third-order valence-electron chi connectivity index (χ3n) is 2.61. The van der Waals surface area contributed by atoms with Crippen molar-refractivity contribution >= 4 is 56.9 Å². The van der Waals surface area contributed by atoms with E-state index in [1.165, 1.54) is 11.8 Å². The number of hydrogen-bond donors (Lipinski definition) is 1. The van der Waals surface area contributed by atoms with Crippen molar-refractivity contribution in [1.82, 2.24) is 0 Å². The third kappa shape index (κ3) is 3.70. The predicted molar refractivity (Wildman–Crippen MR) is 87.1 cm³/mol. The average Bonchev–Trinajstić information content (AvgIpc) is 2.37. The number of halogens is 3. The zero-order valence-corrected chi connectivity index (χ0v) is 14.0. The molecule has 2 nitrogen and oxygen atoms in total. The van der Waals surface area contributed by atoms with Crippen molar-refractivity contribution < 1.29 is 9.90 Å². The smallest absolute Gasteiger partial charge is 0.336 e. The molecule has 0 aliphatic rings. The number of carboxylic acid groups (broad SMARTS) is 1. The van der Waals surface area contributed by atoms with Crippen LogP contribution in [0.25, 0.3) is 0 Å². The molecule has 0 spiro atoms. The molecule has 0 amide bonds. The summed E-state index contributed by atoms with van der Waals surface area (Å²) in [7, 11) is 0. The van der Waals surface area contributed by atoms with Gasteiger partial charge in [-0.3, -0.25) is 0 Å². The summed E-state index contributed by atoms with van der Waals surface area (Å²) >= 11 is 16.9. The summed E-state index contributed by atoms with van der Waals surface area (Å²) in [5.74, 6) is -0.444. The molecule has 2 aromatic carbocycles. The summed E-state index contributed by atoms with van der Waals surface area (Å²) in [5, 5.41) is 10.3. The van der Waals surface area contributed by atoms with E-state index in [-0.39, 0.29) is 5.56 Å². The molecule has 1 N–H and O–H groups in total. The highest BCUT2D eigenvalue weighted by atomic mass is 79.9. The van der Waals surface area contributed by atoms with Crippen LogP contribution in [0.15, 0.2) is 45.8 Å². The van der Waals surface area contributed by atoms with Crippen LogP contribution in [0, 0.1) is 0 Å². The van der Waals surface area contributed by atoms with E-state index in [0.29, 0.717) is 20.7 Å². The molecule has 2 rings (SSSR count). The van der Waals surface area contributed by atoms with Crippen LogP contribution in [0.5, 0.6) is 0 Å². The Morgan fingerprint density at radius 1 is 1.20 bits per heavy atom. The van der Waals surface area contributed by atoms with Gasteiger partial charge in [0, 0.05) is 25.2 Å². The van der Waals surface area contributed by atoms with Gasteiger partial charge in [0.1, 0.15) is 0 Å². The molecule has 0 radical (unpaired) electrons. The Labute approximate surface area is 139 Å². The molecule has 0 unspecified atom stereocenters. The Morgan fingerprint density at radius 3 is 2.45 bits per heavy atom. The van der Waals surface area contributed by atoms with Crippen LogP contribution in [0.2, 0.25) is 10.0 Å². The number of rotatable bonds is 4. The minimum atomic E-state index is -0.953. The van der Waals surface area contributed by atoms with Crippen LogP contribution in [0.1, 0.15) is 15.9 Å². The Morgan fingerprint density at radius 2 is 1.85 bits per heavy atom. The van der Waals surface area contributed by atoms with Crippen molar-refractivity contribution in [3.05, 3.63) is 62.0 Å². The maximum atomic E-state index is 11.2. The summed E-state index contributed by atoms with van der Waals surface area (Å²) < 4.78 is 0.829. The Kier molecular flexibility index (Phi) is 5.38. The Balaban J connectivity index is 2.27. The molecule has 0 aliphatic carbocycles. The van der Waals surface area contributed by atoms with Crippen molar-refractivity contribution in [3.8, 4) is 0 Å². The first-order valence-electron chi connectivity index (χ1n) is 5.57. The first kappa shape index (κ1) is 15.7. The highest BCUT2D eigenvalue weighted by Gasteiger charge is 2.13. The van der Waals surface area contributed by atoms with Gasteiger partial charge in [0.15, 0.2) is 0 Å². The molecule has 0 heterocycles. The third-order valence-corrected chi connectivity index (χ3v) is 4.89. The zero-order chi connectivity index (χ0) is 14.7. The van der Waals surface area contributed by atoms with E-state index in [9.17, 15) is 9.90 Å². The van der Waals surface area contributed by atoms with E-state index < -0.39 is 5.97 Å². The highest BCUT2D eigenvalue weighted by Crippen LogP contribution is 2.34. The van der Waals surface area contributed by atoms with Crippen LogP contribution >= 0.6 is 50.9 Å². The first-order chi connectivity index (χ1) is 9.49. The van der Waals surface area contributed by atoms with Crippen LogP contribution in [0.4, 0.5) is 0 Å². The van der Waals surface area contributed by atoms with Gasteiger partial charge in [-0.25, -0.2) is 4.79 Å². The van der Waals surface area contributed by atoms with Gasteiger partial charge >= 0.3 is 5.97 Å². The lowest BCUT2D eigenvalue weighted by molar-refractivity contribution is 0.0693. The molecule has 0 aromatic heterocycles. The minimum Gasteiger partial charge on any atom is -0.478 e. The summed E-state index contributed by atoms with van der Waals surface area (Å²) in [5.41, 5.74) is 1.07. The molecule has 0 fully saturated rings. The fourth-order valence-corrected chi connectivity index (χ4v) is 3.95. The zero-order valence-electron chi connectivity index (χ0n) is 10.1. The van der Waals surface area contributed by atoms with Crippen molar-refractivity contribution in [2.24, 2.45) is 0 Å². The van der Waals surface area contributed by atoms with Crippen molar-refractivity contribution in [2.75, 3.05) is 0 Å². The lowest BCUT2D eigenvalue weighted by Crippen LogP contribution is -1.99. The lowest BCUT2D eigenvalue weighted by Gasteiger charge is -2.09. The summed E-state index contributed by atoms with van der Waals surface area (Å²) in [6.07, 6.45) is 0. The molecule has 2 aromatic rings. The van der Waals surface area contributed by atoms with Crippen LogP contribution < -0.4 is 0 Å². The van der Waals surface area contributed by atoms with E-state index in [4.69, 9.17) is 23.2 Å². The predicted octanol–water partition coefficient (Wildman–Crippen LogP) is 5.75. The Hall–Kier alpha value is -0.680. The number of thioether (sulfide) groups is 1. The molecule has 0 saturated carbocycles. The second kappa shape index (κ2) is 6.85. The summed E-state index contributed by atoms with van der Waals surface area (Å²) in [6.45, 7) is 0. The summed E-state index contributed by atoms with van der Waals surface area (Å²) in [4.78, 5) is 11.9. The van der Waals surface area contributed by atoms with E-state index in [0.717, 1.165) is 10.0 Å². The van der Waals surface area contributed by atoms with Gasteiger partial charge in [0.25, 0.3) is 0 Å². The average molecular weight is 392 g/mol. The monoisotopic (exact) mass is 390 g/mol. The molecule has 0 bridgehead atoms. The van der Waals surface area contributed by atoms with Gasteiger partial charge in [-0.1, -0.05) is 45.2 Å². The maximum absolute atomic E-state index is 11.2. The lowest BCUT2D eigenvalue weighted by atomic mass is 10.2. The fourth-order valence-electron chi connectivity index (χ4n) is 1.61. The van der Waals surface area contributed by atoms with Gasteiger partial charge < -0.3 is 5.11 Å². The molecule has 0 atom stereocenters. The molecular formula is C14H9BrCl2O2S. The second-order valence-electron chi connectivity index (χ2n) is 3.93. The van der Waals surface area contributed by atoms with Crippen LogP contribution in [0.3, 0.4) is 0 Å². The van der Waals surface area contributed by atoms with E-state index in [1.807, 2.05) is 0 Å². The fraction of sp³-hybridized carbons (Fsp3) is 0.0714. The minimum absolute atomic E-state index is 0.265. The number of carbonyl (C=O) groups is 1. The number of hydrogen-bond acceptors (Lipinski definition) is 2. The maximum Gasteiger partial charge on any atom is 0.336 e. The first-order valence-corrected chi connectivity index (χ1v) is 8.11. The Bertz CT molecular complexity index is 641. The van der Waals surface area contributed by atoms with E-state index >= 15 is 0 Å². The SMILES string of the molecule is O=C(O)c1ccc(Br)cc1SCc1c(Cl)cccc1Cl. The van der Waals surface area contributed by atoms with E-state index in [2.05, 4.69) is 15.9 Å². The van der Waals surface area contributed by atoms with Gasteiger partial charge in [-0.05, 0) is 35.9 Å². The largest absolute Gasteiger partial charge is 0.478 e. The molecule has 0 saturated heterocycles. The molecule has 104 valence electrons. The highest BCUT2D eigenvalue weighted by molar-refractivity contribution is 9.10. The molecule has 6 heteroatoms. The quantitative estimate of drug-likeness (QED) is 0.674. The topological polar surface area (TPSA) is 37.3 Å². The van der Waals surface area contributed by atoms with Gasteiger partial charge in [-0.2, -0.15) is 0 Å². The van der Waals surface area contributed by atoms with E-state index in [1.54, 1.807) is 36.4 Å². The van der Waals surface area contributed by atoms with Crippen molar-refractivity contribution in [1.29, 1.82) is 0 Å². The number of carboxylic acids is 1. The standard InChI is InChI=1S/C14H9BrCl2O2S/c15-8-4-5-9(14(18)19)13(6-8)20-7-10-11(16)2-1-3-12(10)17/h1-6H,7H2,(H,18,19). The normalized spacial score (nSPS) is 10.6. The van der Waals surface area contributed by atoms with Crippen molar-refractivity contribution in [3.63, 3.8) is 0 Å². The van der Waals surface area contributed by atoms with Crippen molar-refractivity contribution in [2.45, 2.75) is 10.6 Å². The van der Waals surface area contributed by atoms with Crippen LogP contribution in [-0.4, -0.2) is 11.1 Å². The van der Waals surface area contributed by atoms with Crippen LogP contribution in [-0.2, 0) is 5.75 Å².